The van der Waals surface area contributed by atoms with E-state index in [1.165, 1.54) is 5.56 Å². The Hall–Kier alpha value is -3.74. The van der Waals surface area contributed by atoms with Crippen LogP contribution < -0.4 is 4.74 Å². The molecule has 0 spiro atoms. The van der Waals surface area contributed by atoms with Crippen LogP contribution in [-0.4, -0.2) is 30.7 Å². The van der Waals surface area contributed by atoms with Crippen molar-refractivity contribution in [3.05, 3.63) is 71.0 Å². The molecule has 0 aliphatic heterocycles. The fourth-order valence-electron chi connectivity index (χ4n) is 3.52. The van der Waals surface area contributed by atoms with Crippen LogP contribution in [0.2, 0.25) is 0 Å². The third-order valence-electron chi connectivity index (χ3n) is 5.10. The lowest BCUT2D eigenvalue weighted by Gasteiger charge is -2.19. The largest absolute Gasteiger partial charge is 0.478 e. The van der Waals surface area contributed by atoms with E-state index >= 15 is 0 Å². The van der Waals surface area contributed by atoms with Crippen molar-refractivity contribution in [1.29, 1.82) is 0 Å². The number of aromatic nitrogens is 4. The van der Waals surface area contributed by atoms with E-state index in [1.54, 1.807) is 22.7 Å². The quantitative estimate of drug-likeness (QED) is 0.492. The van der Waals surface area contributed by atoms with Crippen molar-refractivity contribution in [2.75, 3.05) is 0 Å². The van der Waals surface area contributed by atoms with Crippen LogP contribution in [-0.2, 0) is 5.41 Å². The van der Waals surface area contributed by atoms with Gasteiger partial charge in [-0.1, -0.05) is 57.2 Å². The molecule has 2 aromatic heterocycles. The number of aryl methyl sites for hydroxylation is 2. The molecular formula is C24H24N4O3. The van der Waals surface area contributed by atoms with Crippen LogP contribution in [0, 0.1) is 13.8 Å². The standard InChI is InChI=1S/C24H24N4O3/c1-14-13-15(2)28-22(25-14)26-23(27-28)31-19-8-6-7-18(20(19)21(29)30)16-9-11-17(12-10-16)24(3,4)5/h6-13H,1-5H3,(H,29,30). The Balaban J connectivity index is 1.76. The molecular weight excluding hydrogens is 392 g/mol. The van der Waals surface area contributed by atoms with Gasteiger partial charge >= 0.3 is 12.0 Å². The molecule has 0 fully saturated rings. The summed E-state index contributed by atoms with van der Waals surface area (Å²) in [5.74, 6) is -0.507. The molecule has 0 atom stereocenters. The third-order valence-corrected chi connectivity index (χ3v) is 5.10. The van der Waals surface area contributed by atoms with Gasteiger partial charge in [-0.2, -0.15) is 9.50 Å². The number of carbonyl (C=O) groups is 1. The second-order valence-corrected chi connectivity index (χ2v) is 8.56. The number of fused-ring (bicyclic) bond motifs is 1. The van der Waals surface area contributed by atoms with E-state index in [0.29, 0.717) is 11.3 Å². The molecule has 4 aromatic rings. The second-order valence-electron chi connectivity index (χ2n) is 8.56. The molecule has 0 saturated carbocycles. The SMILES string of the molecule is Cc1cc(C)n2nc(Oc3cccc(-c4ccc(C(C)(C)C)cc4)c3C(=O)O)nc2n1. The number of hydrogen-bond donors (Lipinski definition) is 1. The van der Waals surface area contributed by atoms with Gasteiger partial charge in [-0.15, -0.1) is 5.10 Å². The van der Waals surface area contributed by atoms with E-state index in [1.807, 2.05) is 44.2 Å². The van der Waals surface area contributed by atoms with Crippen LogP contribution in [0.3, 0.4) is 0 Å². The van der Waals surface area contributed by atoms with Gasteiger partial charge in [-0.05, 0) is 48.1 Å². The van der Waals surface area contributed by atoms with Crippen LogP contribution in [0.15, 0.2) is 48.5 Å². The summed E-state index contributed by atoms with van der Waals surface area (Å²) in [6, 6.07) is 15.0. The summed E-state index contributed by atoms with van der Waals surface area (Å²) in [5.41, 5.74) is 4.29. The molecule has 4 rings (SSSR count). The number of nitrogens with zero attached hydrogens (tertiary/aromatic N) is 4. The van der Waals surface area contributed by atoms with Crippen molar-refractivity contribution in [2.45, 2.75) is 40.0 Å². The molecule has 7 heteroatoms. The molecule has 0 saturated heterocycles. The van der Waals surface area contributed by atoms with Gasteiger partial charge in [-0.3, -0.25) is 0 Å². The Morgan fingerprint density at radius 2 is 1.74 bits per heavy atom. The number of hydrogen-bond acceptors (Lipinski definition) is 5. The Kier molecular flexibility index (Phi) is 4.97. The molecule has 1 N–H and O–H groups in total. The molecule has 7 nitrogen and oxygen atoms in total. The molecule has 0 radical (unpaired) electrons. The number of ether oxygens (including phenoxy) is 1. The number of carboxylic acid groups (broad SMARTS) is 1. The zero-order valence-corrected chi connectivity index (χ0v) is 18.2. The van der Waals surface area contributed by atoms with E-state index in [0.717, 1.165) is 17.0 Å². The van der Waals surface area contributed by atoms with E-state index in [4.69, 9.17) is 4.74 Å². The van der Waals surface area contributed by atoms with Gasteiger partial charge in [0.1, 0.15) is 11.3 Å². The molecule has 0 unspecified atom stereocenters. The zero-order valence-electron chi connectivity index (χ0n) is 18.2. The maximum atomic E-state index is 12.2. The zero-order chi connectivity index (χ0) is 22.3. The van der Waals surface area contributed by atoms with Gasteiger partial charge < -0.3 is 9.84 Å². The Morgan fingerprint density at radius 3 is 2.39 bits per heavy atom. The number of aromatic carboxylic acids is 1. The lowest BCUT2D eigenvalue weighted by atomic mass is 9.86. The van der Waals surface area contributed by atoms with Crippen LogP contribution in [0.4, 0.5) is 0 Å². The summed E-state index contributed by atoms with van der Waals surface area (Å²) in [5, 5.41) is 14.3. The molecule has 2 aromatic carbocycles. The maximum absolute atomic E-state index is 12.2. The first-order valence-electron chi connectivity index (χ1n) is 9.99. The summed E-state index contributed by atoms with van der Waals surface area (Å²) in [6.45, 7) is 10.2. The molecule has 0 aliphatic carbocycles. The lowest BCUT2D eigenvalue weighted by Crippen LogP contribution is -2.10. The highest BCUT2D eigenvalue weighted by Gasteiger charge is 2.21. The predicted molar refractivity (Wildman–Crippen MR) is 118 cm³/mol. The number of benzene rings is 2. The van der Waals surface area contributed by atoms with Gasteiger partial charge in [0.25, 0.3) is 5.78 Å². The van der Waals surface area contributed by atoms with Gasteiger partial charge in [-0.25, -0.2) is 9.78 Å². The highest BCUT2D eigenvalue weighted by Crippen LogP contribution is 2.34. The predicted octanol–water partition coefficient (Wildman–Crippen LogP) is 5.20. The topological polar surface area (TPSA) is 89.6 Å². The van der Waals surface area contributed by atoms with E-state index < -0.39 is 5.97 Å². The molecule has 31 heavy (non-hydrogen) atoms. The fraction of sp³-hybridized carbons (Fsp3) is 0.250. The van der Waals surface area contributed by atoms with Crippen LogP contribution in [0.5, 0.6) is 11.8 Å². The van der Waals surface area contributed by atoms with Gasteiger partial charge in [0.2, 0.25) is 0 Å². The summed E-state index contributed by atoms with van der Waals surface area (Å²) < 4.78 is 7.39. The van der Waals surface area contributed by atoms with Gasteiger partial charge in [0.05, 0.1) is 0 Å². The van der Waals surface area contributed by atoms with Crippen molar-refractivity contribution in [3.8, 4) is 22.9 Å². The first-order chi connectivity index (χ1) is 14.6. The summed E-state index contributed by atoms with van der Waals surface area (Å²) in [4.78, 5) is 20.8. The average Bonchev–Trinajstić information content (AvgIpc) is 3.09. The minimum atomic E-state index is -1.08. The Bertz CT molecular complexity index is 1280. The van der Waals surface area contributed by atoms with Crippen molar-refractivity contribution in [3.63, 3.8) is 0 Å². The first-order valence-corrected chi connectivity index (χ1v) is 9.99. The van der Waals surface area contributed by atoms with Crippen molar-refractivity contribution >= 4 is 11.7 Å². The Morgan fingerprint density at radius 1 is 1.03 bits per heavy atom. The van der Waals surface area contributed by atoms with E-state index in [-0.39, 0.29) is 22.7 Å². The minimum absolute atomic E-state index is 0.0123. The van der Waals surface area contributed by atoms with Crippen LogP contribution in [0.25, 0.3) is 16.9 Å². The monoisotopic (exact) mass is 416 g/mol. The normalized spacial score (nSPS) is 11.6. The highest BCUT2D eigenvalue weighted by atomic mass is 16.5. The van der Waals surface area contributed by atoms with Crippen molar-refractivity contribution < 1.29 is 14.6 Å². The van der Waals surface area contributed by atoms with Crippen LogP contribution in [0.1, 0.15) is 48.1 Å². The second kappa shape index (κ2) is 7.50. The van der Waals surface area contributed by atoms with Gasteiger partial charge in [0.15, 0.2) is 0 Å². The molecule has 2 heterocycles. The van der Waals surface area contributed by atoms with Crippen molar-refractivity contribution in [1.82, 2.24) is 19.6 Å². The maximum Gasteiger partial charge on any atom is 0.343 e. The summed E-state index contributed by atoms with van der Waals surface area (Å²) in [6.07, 6.45) is 0. The third kappa shape index (κ3) is 3.99. The molecule has 0 amide bonds. The highest BCUT2D eigenvalue weighted by molar-refractivity contribution is 5.99. The number of rotatable bonds is 4. The van der Waals surface area contributed by atoms with Gasteiger partial charge in [0, 0.05) is 11.4 Å². The Labute approximate surface area is 180 Å². The summed E-state index contributed by atoms with van der Waals surface area (Å²) >= 11 is 0. The van der Waals surface area contributed by atoms with Crippen LogP contribution >= 0.6 is 0 Å². The minimum Gasteiger partial charge on any atom is -0.478 e. The molecule has 0 bridgehead atoms. The molecule has 158 valence electrons. The van der Waals surface area contributed by atoms with E-state index in [2.05, 4.69) is 35.8 Å². The fourth-order valence-corrected chi connectivity index (χ4v) is 3.52. The van der Waals surface area contributed by atoms with E-state index in [9.17, 15) is 9.90 Å². The molecule has 0 aliphatic rings. The smallest absolute Gasteiger partial charge is 0.343 e. The average molecular weight is 416 g/mol. The van der Waals surface area contributed by atoms with Crippen molar-refractivity contribution in [2.24, 2.45) is 0 Å². The lowest BCUT2D eigenvalue weighted by molar-refractivity contribution is 0.0695. The summed E-state index contributed by atoms with van der Waals surface area (Å²) in [7, 11) is 0. The number of carboxylic acids is 1. The first kappa shape index (κ1) is 20.5.